The molecule has 0 saturated carbocycles. The minimum Gasteiger partial charge on any atom is -0.352 e. The van der Waals surface area contributed by atoms with Crippen LogP contribution in [-0.4, -0.2) is 45.9 Å². The van der Waals surface area contributed by atoms with E-state index in [9.17, 15) is 9.59 Å². The Hall–Kier alpha value is -3.15. The predicted octanol–water partition coefficient (Wildman–Crippen LogP) is 3.72. The largest absolute Gasteiger partial charge is 0.352 e. The first-order valence-corrected chi connectivity index (χ1v) is 11.2. The van der Waals surface area contributed by atoms with Crippen LogP contribution in [0.1, 0.15) is 47.4 Å². The van der Waals surface area contributed by atoms with Crippen LogP contribution in [0, 0.1) is 6.92 Å². The maximum atomic E-state index is 13.0. The first-order chi connectivity index (χ1) is 15.1. The van der Waals surface area contributed by atoms with Gasteiger partial charge in [0.2, 0.25) is 5.91 Å². The Bertz CT molecular complexity index is 1060. The number of aromatic nitrogens is 2. The highest BCUT2D eigenvalue weighted by molar-refractivity contribution is 5.95. The summed E-state index contributed by atoms with van der Waals surface area (Å²) in [6.45, 7) is 4.37. The predicted molar refractivity (Wildman–Crippen MR) is 122 cm³/mol. The van der Waals surface area contributed by atoms with Gasteiger partial charge in [-0.1, -0.05) is 43.2 Å². The second kappa shape index (κ2) is 9.77. The molecule has 0 radical (unpaired) electrons. The number of nitrogens with zero attached hydrogens (tertiary/aromatic N) is 3. The summed E-state index contributed by atoms with van der Waals surface area (Å²) in [6, 6.07) is 15.5. The number of rotatable bonds is 6. The lowest BCUT2D eigenvalue weighted by molar-refractivity contribution is -0.131. The number of nitrogens with one attached hydrogen (secondary N) is 1. The van der Waals surface area contributed by atoms with E-state index in [0.29, 0.717) is 25.1 Å². The molecule has 6 heteroatoms. The maximum Gasteiger partial charge on any atom is 0.251 e. The number of imidazole rings is 1. The molecule has 162 valence electrons. The molecule has 0 atom stereocenters. The molecule has 2 amide bonds. The fourth-order valence-corrected chi connectivity index (χ4v) is 4.26. The van der Waals surface area contributed by atoms with Crippen molar-refractivity contribution in [3.05, 3.63) is 65.5 Å². The quantitative estimate of drug-likeness (QED) is 0.663. The molecule has 4 rings (SSSR count). The van der Waals surface area contributed by atoms with Crippen molar-refractivity contribution in [1.29, 1.82) is 0 Å². The summed E-state index contributed by atoms with van der Waals surface area (Å²) < 4.78 is 2.02. The average Bonchev–Trinajstić information content (AvgIpc) is 2.94. The smallest absolute Gasteiger partial charge is 0.251 e. The second-order valence-corrected chi connectivity index (χ2v) is 8.22. The zero-order chi connectivity index (χ0) is 21.6. The summed E-state index contributed by atoms with van der Waals surface area (Å²) in [6.07, 6.45) is 5.12. The Morgan fingerprint density at radius 3 is 2.45 bits per heavy atom. The van der Waals surface area contributed by atoms with Gasteiger partial charge in [0, 0.05) is 31.6 Å². The molecule has 1 aliphatic rings. The van der Waals surface area contributed by atoms with Crippen molar-refractivity contribution in [2.45, 2.75) is 45.6 Å². The Balaban J connectivity index is 1.48. The van der Waals surface area contributed by atoms with Gasteiger partial charge in [0.1, 0.15) is 12.4 Å². The van der Waals surface area contributed by atoms with Gasteiger partial charge in [0.15, 0.2) is 0 Å². The Labute approximate surface area is 183 Å². The lowest BCUT2D eigenvalue weighted by Gasteiger charge is -2.21. The molecule has 31 heavy (non-hydrogen) atoms. The molecule has 0 spiro atoms. The monoisotopic (exact) mass is 418 g/mol. The summed E-state index contributed by atoms with van der Waals surface area (Å²) in [4.78, 5) is 32.3. The molecule has 2 aromatic carbocycles. The summed E-state index contributed by atoms with van der Waals surface area (Å²) in [5.74, 6) is 0.895. The summed E-state index contributed by atoms with van der Waals surface area (Å²) in [7, 11) is 0. The lowest BCUT2D eigenvalue weighted by atomic mass is 10.1. The maximum absolute atomic E-state index is 13.0. The highest BCUT2D eigenvalue weighted by Gasteiger charge is 2.19. The van der Waals surface area contributed by atoms with Gasteiger partial charge in [-0.25, -0.2) is 4.98 Å². The van der Waals surface area contributed by atoms with E-state index in [0.717, 1.165) is 48.4 Å². The number of likely N-dealkylation sites (tertiary alicyclic amines) is 1. The van der Waals surface area contributed by atoms with E-state index in [4.69, 9.17) is 4.98 Å². The summed E-state index contributed by atoms with van der Waals surface area (Å²) >= 11 is 0. The van der Waals surface area contributed by atoms with Gasteiger partial charge in [-0.3, -0.25) is 9.59 Å². The number of hydrogen-bond acceptors (Lipinski definition) is 3. The lowest BCUT2D eigenvalue weighted by Crippen LogP contribution is -2.35. The average molecular weight is 419 g/mol. The van der Waals surface area contributed by atoms with E-state index in [-0.39, 0.29) is 11.8 Å². The molecular formula is C25H30N4O2. The van der Waals surface area contributed by atoms with Crippen molar-refractivity contribution in [2.75, 3.05) is 19.6 Å². The number of fused-ring (bicyclic) bond motifs is 1. The van der Waals surface area contributed by atoms with Gasteiger partial charge in [-0.2, -0.15) is 0 Å². The van der Waals surface area contributed by atoms with Crippen molar-refractivity contribution in [3.8, 4) is 0 Å². The van der Waals surface area contributed by atoms with Gasteiger partial charge in [-0.15, -0.1) is 0 Å². The van der Waals surface area contributed by atoms with Crippen molar-refractivity contribution < 1.29 is 9.59 Å². The molecule has 6 nitrogen and oxygen atoms in total. The number of carbonyl (C=O) groups excluding carboxylic acids is 2. The minimum atomic E-state index is -0.0820. The normalized spacial score (nSPS) is 14.4. The van der Waals surface area contributed by atoms with Crippen molar-refractivity contribution >= 4 is 22.8 Å². The third-order valence-electron chi connectivity index (χ3n) is 6.01. The number of hydrogen-bond donors (Lipinski definition) is 1. The molecule has 1 N–H and O–H groups in total. The van der Waals surface area contributed by atoms with Crippen LogP contribution in [0.25, 0.3) is 11.0 Å². The van der Waals surface area contributed by atoms with Crippen LogP contribution in [0.3, 0.4) is 0 Å². The van der Waals surface area contributed by atoms with E-state index >= 15 is 0 Å². The molecule has 0 bridgehead atoms. The van der Waals surface area contributed by atoms with Gasteiger partial charge < -0.3 is 14.8 Å². The van der Waals surface area contributed by atoms with Crippen LogP contribution in [0.15, 0.2) is 48.5 Å². The Morgan fingerprint density at radius 2 is 1.68 bits per heavy atom. The highest BCUT2D eigenvalue weighted by Crippen LogP contribution is 2.18. The number of para-hydroxylation sites is 2. The van der Waals surface area contributed by atoms with Crippen LogP contribution in [0.5, 0.6) is 0 Å². The highest BCUT2D eigenvalue weighted by atomic mass is 16.2. The molecule has 1 saturated heterocycles. The molecule has 0 unspecified atom stereocenters. The van der Waals surface area contributed by atoms with E-state index in [1.165, 1.54) is 12.8 Å². The van der Waals surface area contributed by atoms with E-state index < -0.39 is 0 Å². The number of amides is 2. The van der Waals surface area contributed by atoms with E-state index in [1.807, 2.05) is 64.9 Å². The van der Waals surface area contributed by atoms with Crippen LogP contribution < -0.4 is 5.32 Å². The summed E-state index contributed by atoms with van der Waals surface area (Å²) in [5, 5.41) is 3.00. The first-order valence-electron chi connectivity index (χ1n) is 11.2. The van der Waals surface area contributed by atoms with E-state index in [1.54, 1.807) is 0 Å². The molecule has 1 aromatic heterocycles. The third-order valence-corrected chi connectivity index (χ3v) is 6.01. The van der Waals surface area contributed by atoms with Gasteiger partial charge >= 0.3 is 0 Å². The molecule has 0 aliphatic carbocycles. The van der Waals surface area contributed by atoms with Gasteiger partial charge in [0.05, 0.1) is 11.0 Å². The zero-order valence-corrected chi connectivity index (χ0v) is 18.1. The Morgan fingerprint density at radius 1 is 0.968 bits per heavy atom. The molecule has 3 aromatic rings. The second-order valence-electron chi connectivity index (χ2n) is 8.22. The van der Waals surface area contributed by atoms with Crippen molar-refractivity contribution in [2.24, 2.45) is 0 Å². The standard InChI is InChI=1S/C25H30N4O2/c1-19-10-4-5-11-20(19)25(31)26-15-14-23-27-21-12-6-7-13-22(21)29(23)18-24(30)28-16-8-2-3-9-17-28/h4-7,10-13H,2-3,8-9,14-18H2,1H3,(H,26,31). The SMILES string of the molecule is Cc1ccccc1C(=O)NCCc1nc2ccccc2n1CC(=O)N1CCCCCC1. The molecule has 1 fully saturated rings. The minimum absolute atomic E-state index is 0.0820. The molecular weight excluding hydrogens is 388 g/mol. The fourth-order valence-electron chi connectivity index (χ4n) is 4.26. The molecule has 2 heterocycles. The van der Waals surface area contributed by atoms with Crippen molar-refractivity contribution in [1.82, 2.24) is 19.8 Å². The number of carbonyl (C=O) groups is 2. The topological polar surface area (TPSA) is 67.2 Å². The molecule has 1 aliphatic heterocycles. The van der Waals surface area contributed by atoms with Gasteiger partial charge in [0.25, 0.3) is 5.91 Å². The van der Waals surface area contributed by atoms with Crippen LogP contribution in [0.2, 0.25) is 0 Å². The Kier molecular flexibility index (Phi) is 6.65. The third kappa shape index (κ3) is 4.95. The first kappa shape index (κ1) is 21.1. The number of aryl methyl sites for hydroxylation is 1. The van der Waals surface area contributed by atoms with Gasteiger partial charge in [-0.05, 0) is 43.5 Å². The van der Waals surface area contributed by atoms with Crippen LogP contribution in [0.4, 0.5) is 0 Å². The van der Waals surface area contributed by atoms with Crippen LogP contribution >= 0.6 is 0 Å². The van der Waals surface area contributed by atoms with Crippen LogP contribution in [-0.2, 0) is 17.8 Å². The summed E-state index contributed by atoms with van der Waals surface area (Å²) in [5.41, 5.74) is 3.49. The fraction of sp³-hybridized carbons (Fsp3) is 0.400. The van der Waals surface area contributed by atoms with E-state index in [2.05, 4.69) is 5.32 Å². The van der Waals surface area contributed by atoms with Crippen molar-refractivity contribution in [3.63, 3.8) is 0 Å². The number of benzene rings is 2. The zero-order valence-electron chi connectivity index (χ0n) is 18.1.